The lowest BCUT2D eigenvalue weighted by atomic mass is 10.0. The van der Waals surface area contributed by atoms with Crippen molar-refractivity contribution in [2.75, 3.05) is 0 Å². The van der Waals surface area contributed by atoms with Gasteiger partial charge in [-0.2, -0.15) is 0 Å². The maximum absolute atomic E-state index is 12.5. The minimum atomic E-state index is -0.667. The van der Waals surface area contributed by atoms with E-state index in [2.05, 4.69) is 5.16 Å². The fraction of sp³-hybridized carbons (Fsp3) is 0.118. The number of benzene rings is 2. The van der Waals surface area contributed by atoms with E-state index in [1.807, 2.05) is 6.07 Å². The van der Waals surface area contributed by atoms with Crippen molar-refractivity contribution in [2.45, 2.75) is 13.0 Å². The summed E-state index contributed by atoms with van der Waals surface area (Å²) in [6.07, 6.45) is 0. The molecule has 22 heavy (non-hydrogen) atoms. The lowest BCUT2D eigenvalue weighted by molar-refractivity contribution is 0.0634. The molecule has 5 nitrogen and oxygen atoms in total. The van der Waals surface area contributed by atoms with E-state index >= 15 is 0 Å². The van der Waals surface area contributed by atoms with Gasteiger partial charge in [0.1, 0.15) is 5.71 Å². The van der Waals surface area contributed by atoms with Gasteiger partial charge in [-0.05, 0) is 19.1 Å². The SMILES string of the molecule is C[C@@H](/C(=N\O)c1ccccc1)N1C(=O)c2ccccc2C1=O. The molecule has 0 aliphatic carbocycles. The summed E-state index contributed by atoms with van der Waals surface area (Å²) in [6, 6.07) is 15.0. The van der Waals surface area contributed by atoms with Gasteiger partial charge >= 0.3 is 0 Å². The summed E-state index contributed by atoms with van der Waals surface area (Å²) in [5.74, 6) is -0.740. The van der Waals surface area contributed by atoms with Gasteiger partial charge in [-0.3, -0.25) is 14.5 Å². The third kappa shape index (κ3) is 2.07. The zero-order chi connectivity index (χ0) is 15.7. The average molecular weight is 294 g/mol. The molecule has 1 heterocycles. The summed E-state index contributed by atoms with van der Waals surface area (Å²) in [5.41, 5.74) is 1.69. The summed E-state index contributed by atoms with van der Waals surface area (Å²) in [6.45, 7) is 1.67. The largest absolute Gasteiger partial charge is 0.411 e. The second-order valence-electron chi connectivity index (χ2n) is 5.05. The number of nitrogens with zero attached hydrogens (tertiary/aromatic N) is 2. The Morgan fingerprint density at radius 1 is 0.955 bits per heavy atom. The van der Waals surface area contributed by atoms with Gasteiger partial charge < -0.3 is 5.21 Å². The number of amides is 2. The highest BCUT2D eigenvalue weighted by Gasteiger charge is 2.40. The Kier molecular flexibility index (Phi) is 3.47. The van der Waals surface area contributed by atoms with Gasteiger partial charge in [-0.25, -0.2) is 0 Å². The lowest BCUT2D eigenvalue weighted by Gasteiger charge is -2.23. The highest BCUT2D eigenvalue weighted by Crippen LogP contribution is 2.25. The highest BCUT2D eigenvalue weighted by molar-refractivity contribution is 6.24. The summed E-state index contributed by atoms with van der Waals surface area (Å²) >= 11 is 0. The summed E-state index contributed by atoms with van der Waals surface area (Å²) in [7, 11) is 0. The van der Waals surface area contributed by atoms with Crippen LogP contribution in [0.4, 0.5) is 0 Å². The van der Waals surface area contributed by atoms with Crippen LogP contribution in [0.3, 0.4) is 0 Å². The molecular weight excluding hydrogens is 280 g/mol. The fourth-order valence-electron chi connectivity index (χ4n) is 2.67. The van der Waals surface area contributed by atoms with Crippen LogP contribution in [0.15, 0.2) is 59.8 Å². The van der Waals surface area contributed by atoms with Gasteiger partial charge in [0, 0.05) is 5.56 Å². The second-order valence-corrected chi connectivity index (χ2v) is 5.05. The number of oxime groups is 1. The molecule has 1 aliphatic heterocycles. The van der Waals surface area contributed by atoms with Crippen LogP contribution in [0.1, 0.15) is 33.2 Å². The zero-order valence-electron chi connectivity index (χ0n) is 11.9. The molecule has 0 unspecified atom stereocenters. The topological polar surface area (TPSA) is 70.0 Å². The minimum Gasteiger partial charge on any atom is -0.411 e. The molecule has 1 N–H and O–H groups in total. The molecule has 1 aliphatic rings. The van der Waals surface area contributed by atoms with Crippen LogP contribution in [0, 0.1) is 0 Å². The third-order valence-electron chi connectivity index (χ3n) is 3.79. The molecule has 0 radical (unpaired) electrons. The van der Waals surface area contributed by atoms with Crippen LogP contribution >= 0.6 is 0 Å². The van der Waals surface area contributed by atoms with Gasteiger partial charge in [0.2, 0.25) is 0 Å². The van der Waals surface area contributed by atoms with Crippen LogP contribution in [0.25, 0.3) is 0 Å². The summed E-state index contributed by atoms with van der Waals surface area (Å²) in [5, 5.41) is 12.6. The maximum atomic E-state index is 12.5. The van der Waals surface area contributed by atoms with Crippen LogP contribution in [0.2, 0.25) is 0 Å². The van der Waals surface area contributed by atoms with Crippen molar-refractivity contribution < 1.29 is 14.8 Å². The van der Waals surface area contributed by atoms with Crippen molar-refractivity contribution in [3.63, 3.8) is 0 Å². The summed E-state index contributed by atoms with van der Waals surface area (Å²) in [4.78, 5) is 26.1. The fourth-order valence-corrected chi connectivity index (χ4v) is 2.67. The third-order valence-corrected chi connectivity index (χ3v) is 3.79. The molecule has 110 valence electrons. The zero-order valence-corrected chi connectivity index (χ0v) is 11.9. The monoisotopic (exact) mass is 294 g/mol. The van der Waals surface area contributed by atoms with E-state index in [0.717, 1.165) is 4.90 Å². The van der Waals surface area contributed by atoms with E-state index in [0.29, 0.717) is 16.7 Å². The molecule has 0 saturated carbocycles. The molecular formula is C17H14N2O3. The lowest BCUT2D eigenvalue weighted by Crippen LogP contribution is -2.43. The number of carbonyl (C=O) groups excluding carboxylic acids is 2. The number of hydrogen-bond donors (Lipinski definition) is 1. The molecule has 2 aromatic rings. The Hall–Kier alpha value is -2.95. The van der Waals surface area contributed by atoms with E-state index in [1.165, 1.54) is 0 Å². The van der Waals surface area contributed by atoms with Crippen molar-refractivity contribution in [1.82, 2.24) is 4.90 Å². The molecule has 0 saturated heterocycles. The van der Waals surface area contributed by atoms with Gasteiger partial charge in [0.15, 0.2) is 0 Å². The van der Waals surface area contributed by atoms with Crippen LogP contribution in [-0.2, 0) is 0 Å². The molecule has 2 amide bonds. The molecule has 5 heteroatoms. The van der Waals surface area contributed by atoms with Crippen LogP contribution in [0.5, 0.6) is 0 Å². The molecule has 3 rings (SSSR count). The average Bonchev–Trinajstić information content (AvgIpc) is 2.81. The molecule has 0 spiro atoms. The number of rotatable bonds is 3. The van der Waals surface area contributed by atoms with E-state index < -0.39 is 6.04 Å². The Bertz CT molecular complexity index is 733. The first-order valence-electron chi connectivity index (χ1n) is 6.89. The van der Waals surface area contributed by atoms with E-state index in [1.54, 1.807) is 55.5 Å². The van der Waals surface area contributed by atoms with Gasteiger partial charge in [-0.1, -0.05) is 47.6 Å². The van der Waals surface area contributed by atoms with E-state index in [4.69, 9.17) is 0 Å². The minimum absolute atomic E-state index is 0.273. The quantitative estimate of drug-likeness (QED) is 0.409. The molecule has 2 aromatic carbocycles. The Balaban J connectivity index is 1.98. The Morgan fingerprint density at radius 2 is 1.45 bits per heavy atom. The first-order chi connectivity index (χ1) is 10.6. The van der Waals surface area contributed by atoms with Gasteiger partial charge in [0.05, 0.1) is 17.2 Å². The molecule has 0 fully saturated rings. The standard InChI is InChI=1S/C17H14N2O3/c1-11(15(18-22)12-7-3-2-4-8-12)19-16(20)13-9-5-6-10-14(13)17(19)21/h2-11,22H,1H3/b18-15+/t11-/m0/s1. The van der Waals surface area contributed by atoms with Crippen LogP contribution < -0.4 is 0 Å². The predicted octanol–water partition coefficient (Wildman–Crippen LogP) is 2.55. The van der Waals surface area contributed by atoms with Crippen molar-refractivity contribution >= 4 is 17.5 Å². The Morgan fingerprint density at radius 3 is 1.95 bits per heavy atom. The van der Waals surface area contributed by atoms with Gasteiger partial charge in [0.25, 0.3) is 11.8 Å². The van der Waals surface area contributed by atoms with Crippen molar-refractivity contribution in [1.29, 1.82) is 0 Å². The molecule has 0 bridgehead atoms. The predicted molar refractivity (Wildman–Crippen MR) is 81.2 cm³/mol. The van der Waals surface area contributed by atoms with E-state index in [9.17, 15) is 14.8 Å². The first kappa shape index (κ1) is 14.0. The van der Waals surface area contributed by atoms with Gasteiger partial charge in [-0.15, -0.1) is 0 Å². The number of carbonyl (C=O) groups is 2. The van der Waals surface area contributed by atoms with Crippen molar-refractivity contribution in [3.05, 3.63) is 71.3 Å². The first-order valence-corrected chi connectivity index (χ1v) is 6.89. The molecule has 0 aromatic heterocycles. The van der Waals surface area contributed by atoms with Crippen molar-refractivity contribution in [3.8, 4) is 0 Å². The Labute approximate surface area is 127 Å². The number of imide groups is 1. The number of fused-ring (bicyclic) bond motifs is 1. The second kappa shape index (κ2) is 5.44. The molecule has 1 atom stereocenters. The highest BCUT2D eigenvalue weighted by atomic mass is 16.4. The normalized spacial score (nSPS) is 15.9. The number of hydrogen-bond acceptors (Lipinski definition) is 4. The van der Waals surface area contributed by atoms with Crippen molar-refractivity contribution in [2.24, 2.45) is 5.16 Å². The summed E-state index contributed by atoms with van der Waals surface area (Å²) < 4.78 is 0. The van der Waals surface area contributed by atoms with E-state index in [-0.39, 0.29) is 17.5 Å². The maximum Gasteiger partial charge on any atom is 0.262 e. The smallest absolute Gasteiger partial charge is 0.262 e. The van der Waals surface area contributed by atoms with Crippen LogP contribution in [-0.4, -0.2) is 33.7 Å².